The Labute approximate surface area is 316 Å². The first-order valence-corrected chi connectivity index (χ1v) is 18.1. The molecule has 4 aliphatic rings. The van der Waals surface area contributed by atoms with Gasteiger partial charge in [-0.25, -0.2) is 4.98 Å². The molecule has 16 heteroatoms. The molecule has 3 fully saturated rings. The molecule has 3 aliphatic carbocycles. The maximum atomic E-state index is 13.5. The zero-order chi connectivity index (χ0) is 39.4. The van der Waals surface area contributed by atoms with Gasteiger partial charge in [0.2, 0.25) is 11.8 Å². The number of hydrogen-bond donors (Lipinski definition) is 3. The fraction of sp³-hybridized carbons (Fsp3) is 0.436. The molecule has 3 N–H and O–H groups in total. The second kappa shape index (κ2) is 16.2. The van der Waals surface area contributed by atoms with Gasteiger partial charge in [-0.1, -0.05) is 6.07 Å². The Balaban J connectivity index is 0.884. The molecule has 0 radical (unpaired) electrons. The van der Waals surface area contributed by atoms with Gasteiger partial charge in [0.15, 0.2) is 5.78 Å². The molecule has 0 spiro atoms. The number of carbonyl (C=O) groups is 6. The van der Waals surface area contributed by atoms with Crippen molar-refractivity contribution < 1.29 is 43.0 Å². The average Bonchev–Trinajstić information content (AvgIpc) is 3.41. The summed E-state index contributed by atoms with van der Waals surface area (Å²) in [5.74, 6) is -1.37. The number of aromatic nitrogens is 2. The number of rotatable bonds is 17. The van der Waals surface area contributed by atoms with Crippen LogP contribution in [0.2, 0.25) is 0 Å². The zero-order valence-corrected chi connectivity index (χ0v) is 31.2. The number of anilines is 1. The third-order valence-corrected chi connectivity index (χ3v) is 10.4. The van der Waals surface area contributed by atoms with Crippen LogP contribution in [0, 0.1) is 12.8 Å². The maximum absolute atomic E-state index is 13.5. The number of methoxy groups -OCH3 is 2. The lowest BCUT2D eigenvalue weighted by atomic mass is 9.57. The quantitative estimate of drug-likeness (QED) is 0.102. The fourth-order valence-electron chi connectivity index (χ4n) is 7.46. The predicted molar refractivity (Wildman–Crippen MR) is 198 cm³/mol. The first-order valence-electron chi connectivity index (χ1n) is 18.1. The van der Waals surface area contributed by atoms with Gasteiger partial charge in [0, 0.05) is 55.5 Å². The first-order chi connectivity index (χ1) is 26.4. The van der Waals surface area contributed by atoms with Gasteiger partial charge in [0.25, 0.3) is 17.4 Å². The van der Waals surface area contributed by atoms with E-state index in [0.717, 1.165) is 16.0 Å². The predicted octanol–water partition coefficient (Wildman–Crippen LogP) is 1.74. The van der Waals surface area contributed by atoms with Crippen LogP contribution >= 0.6 is 0 Å². The molecule has 4 amide bonds. The molecule has 1 aromatic heterocycles. The minimum Gasteiger partial charge on any atom is -0.496 e. The highest BCUT2D eigenvalue weighted by atomic mass is 16.5. The SMILES string of the molecule is COc1cc(-c2cn(C)c(=O)c(C)n2)cc(OC)c1CCCC(=O)NCCOCCNC(=O)CNc1cccc2c1C(=O)N(C13CC(C1)C(=O)CC3=O)C2=O. The summed E-state index contributed by atoms with van der Waals surface area (Å²) in [7, 11) is 4.79. The zero-order valence-electron chi connectivity index (χ0n) is 31.2. The molecule has 1 aliphatic heterocycles. The molecule has 0 unspecified atom stereocenters. The Bertz CT molecular complexity index is 2070. The second-order valence-electron chi connectivity index (χ2n) is 13.9. The highest BCUT2D eigenvalue weighted by molar-refractivity contribution is 6.27. The van der Waals surface area contributed by atoms with E-state index in [1.54, 1.807) is 46.5 Å². The van der Waals surface area contributed by atoms with Gasteiger partial charge in [-0.05, 0) is 56.9 Å². The second-order valence-corrected chi connectivity index (χ2v) is 13.9. The number of ketones is 2. The number of nitrogens with one attached hydrogen (secondary N) is 3. The minimum absolute atomic E-state index is 0.105. The first kappa shape index (κ1) is 38.8. The van der Waals surface area contributed by atoms with Crippen molar-refractivity contribution in [2.45, 2.75) is 51.0 Å². The van der Waals surface area contributed by atoms with Crippen molar-refractivity contribution in [1.29, 1.82) is 0 Å². The van der Waals surface area contributed by atoms with Gasteiger partial charge in [-0.15, -0.1) is 0 Å². The van der Waals surface area contributed by atoms with Crippen LogP contribution in [0.15, 0.2) is 41.3 Å². The standard InChI is InChI=1S/C39H44N6O10/c1-22-36(50)44(2)21-28(43-22)23-15-30(53-3)25(31(16-23)54-4)7-6-10-33(48)40-11-13-55-14-12-41-34(49)20-42-27-9-5-8-26-35(27)38(52)45(37(26)51)39-18-24(19-39)29(46)17-32(39)47/h5,8-9,15-16,21,24,42H,6-7,10-14,17-20H2,1-4H3,(H,40,48)(H,41,49). The van der Waals surface area contributed by atoms with Crippen molar-refractivity contribution in [1.82, 2.24) is 25.1 Å². The van der Waals surface area contributed by atoms with Crippen LogP contribution in [0.3, 0.4) is 0 Å². The Morgan fingerprint density at radius 2 is 1.62 bits per heavy atom. The van der Waals surface area contributed by atoms with Crippen LogP contribution in [-0.2, 0) is 37.4 Å². The van der Waals surface area contributed by atoms with Crippen LogP contribution in [-0.4, -0.2) is 102 Å². The molecular formula is C39H44N6O10. The summed E-state index contributed by atoms with van der Waals surface area (Å²) in [6.45, 7) is 2.42. The van der Waals surface area contributed by atoms with Crippen LogP contribution < -0.4 is 31.0 Å². The number of imide groups is 1. The van der Waals surface area contributed by atoms with Crippen molar-refractivity contribution in [2.24, 2.45) is 13.0 Å². The van der Waals surface area contributed by atoms with E-state index in [1.807, 2.05) is 12.1 Å². The summed E-state index contributed by atoms with van der Waals surface area (Å²) in [4.78, 5) is 94.1. The van der Waals surface area contributed by atoms with Gasteiger partial charge < -0.3 is 34.7 Å². The summed E-state index contributed by atoms with van der Waals surface area (Å²) < 4.78 is 18.3. The number of hydrogen-bond acceptors (Lipinski definition) is 12. The molecule has 55 heavy (non-hydrogen) atoms. The number of carbonyl (C=O) groups excluding carboxylic acids is 6. The van der Waals surface area contributed by atoms with Crippen molar-refractivity contribution >= 4 is 40.9 Å². The Kier molecular flexibility index (Phi) is 11.4. The highest BCUT2D eigenvalue weighted by Crippen LogP contribution is 2.51. The van der Waals surface area contributed by atoms with E-state index in [0.29, 0.717) is 41.4 Å². The largest absolute Gasteiger partial charge is 0.496 e. The fourth-order valence-corrected chi connectivity index (χ4v) is 7.46. The molecular weight excluding hydrogens is 712 g/mol. The Morgan fingerprint density at radius 3 is 2.25 bits per heavy atom. The molecule has 3 aromatic rings. The van der Waals surface area contributed by atoms with Gasteiger partial charge in [0.05, 0.1) is 57.2 Å². The maximum Gasteiger partial charge on any atom is 0.271 e. The summed E-state index contributed by atoms with van der Waals surface area (Å²) >= 11 is 0. The smallest absolute Gasteiger partial charge is 0.271 e. The van der Waals surface area contributed by atoms with E-state index in [9.17, 15) is 33.6 Å². The number of amides is 4. The van der Waals surface area contributed by atoms with Crippen LogP contribution in [0.1, 0.15) is 64.1 Å². The van der Waals surface area contributed by atoms with Crippen molar-refractivity contribution in [2.75, 3.05) is 52.4 Å². The van der Waals surface area contributed by atoms with Crippen molar-refractivity contribution in [3.05, 3.63) is 69.3 Å². The third-order valence-electron chi connectivity index (χ3n) is 10.4. The monoisotopic (exact) mass is 756 g/mol. The minimum atomic E-state index is -1.27. The molecule has 16 nitrogen and oxygen atoms in total. The van der Waals surface area contributed by atoms with E-state index >= 15 is 0 Å². The summed E-state index contributed by atoms with van der Waals surface area (Å²) in [6.07, 6.45) is 3.04. The lowest BCUT2D eigenvalue weighted by Crippen LogP contribution is -2.68. The van der Waals surface area contributed by atoms with Gasteiger partial charge in [0.1, 0.15) is 28.5 Å². The normalized spacial score (nSPS) is 18.5. The van der Waals surface area contributed by atoms with E-state index in [1.165, 1.54) is 10.6 Å². The number of ether oxygens (including phenoxy) is 3. The van der Waals surface area contributed by atoms with Crippen LogP contribution in [0.25, 0.3) is 11.3 Å². The van der Waals surface area contributed by atoms with E-state index in [4.69, 9.17) is 14.2 Å². The molecule has 290 valence electrons. The van der Waals surface area contributed by atoms with E-state index in [-0.39, 0.29) is 98.7 Å². The summed E-state index contributed by atoms with van der Waals surface area (Å²) in [5, 5.41) is 8.46. The average molecular weight is 757 g/mol. The number of fused-ring (bicyclic) bond motifs is 3. The lowest BCUT2D eigenvalue weighted by molar-refractivity contribution is -0.153. The van der Waals surface area contributed by atoms with Gasteiger partial charge in [-0.2, -0.15) is 0 Å². The highest BCUT2D eigenvalue weighted by Gasteiger charge is 2.64. The van der Waals surface area contributed by atoms with E-state index < -0.39 is 23.1 Å². The van der Waals surface area contributed by atoms with Crippen LogP contribution in [0.5, 0.6) is 11.5 Å². The Morgan fingerprint density at radius 1 is 0.945 bits per heavy atom. The third kappa shape index (κ3) is 7.72. The number of aryl methyl sites for hydroxylation is 2. The molecule has 2 heterocycles. The van der Waals surface area contributed by atoms with Crippen molar-refractivity contribution in [3.63, 3.8) is 0 Å². The van der Waals surface area contributed by atoms with Crippen molar-refractivity contribution in [3.8, 4) is 22.8 Å². The summed E-state index contributed by atoms with van der Waals surface area (Å²) in [5.41, 5.74) is 1.64. The number of Topliss-reactive ketones (excluding diaryl/α,β-unsaturated/α-hetero) is 2. The lowest BCUT2D eigenvalue weighted by Gasteiger charge is -2.53. The molecule has 2 aromatic carbocycles. The molecule has 0 atom stereocenters. The topological polar surface area (TPSA) is 204 Å². The number of nitrogens with zero attached hydrogens (tertiary/aromatic N) is 3. The Hall–Kier alpha value is -5.90. The molecule has 3 saturated carbocycles. The molecule has 7 rings (SSSR count). The molecule has 0 saturated heterocycles. The van der Waals surface area contributed by atoms with Crippen LogP contribution in [0.4, 0.5) is 5.69 Å². The van der Waals surface area contributed by atoms with E-state index in [2.05, 4.69) is 20.9 Å². The molecule has 2 bridgehead atoms. The number of benzene rings is 2. The van der Waals surface area contributed by atoms with Gasteiger partial charge in [-0.3, -0.25) is 38.5 Å². The van der Waals surface area contributed by atoms with Gasteiger partial charge >= 0.3 is 0 Å². The summed E-state index contributed by atoms with van der Waals surface area (Å²) in [6, 6.07) is 8.37.